The molecule has 5 unspecified atom stereocenters. The highest BCUT2D eigenvalue weighted by Gasteiger charge is 2.31. The van der Waals surface area contributed by atoms with Crippen LogP contribution in [-0.2, 0) is 0 Å². The third-order valence-electron chi connectivity index (χ3n) is 3.83. The molecule has 0 bridgehead atoms. The second kappa shape index (κ2) is 7.96. The molecule has 1 heterocycles. The van der Waals surface area contributed by atoms with E-state index in [0.29, 0.717) is 6.04 Å². The fourth-order valence-corrected chi connectivity index (χ4v) is 5.70. The van der Waals surface area contributed by atoms with Crippen molar-refractivity contribution in [2.75, 3.05) is 12.8 Å². The Morgan fingerprint density at radius 2 is 2.00 bits per heavy atom. The second-order valence-corrected chi connectivity index (χ2v) is 8.47. The lowest BCUT2D eigenvalue weighted by atomic mass is 9.96. The van der Waals surface area contributed by atoms with Gasteiger partial charge in [0.05, 0.1) is 0 Å². The summed E-state index contributed by atoms with van der Waals surface area (Å²) in [5, 5.41) is 5.99. The van der Waals surface area contributed by atoms with Crippen molar-refractivity contribution in [3.05, 3.63) is 0 Å². The minimum Gasteiger partial charge on any atom is -0.316 e. The van der Waals surface area contributed by atoms with E-state index in [0.717, 1.165) is 21.7 Å². The fraction of sp³-hybridized carbons (Fsp3) is 1.00. The minimum absolute atomic E-state index is 0.698. The first-order valence-corrected chi connectivity index (χ1v) is 9.01. The zero-order valence-electron chi connectivity index (χ0n) is 12.0. The van der Waals surface area contributed by atoms with Crippen LogP contribution in [0.15, 0.2) is 0 Å². The third-order valence-corrected chi connectivity index (χ3v) is 7.38. The number of hydrogen-bond acceptors (Lipinski definition) is 3. The molecular formula is C14H29NS2. The monoisotopic (exact) mass is 275 g/mol. The first-order valence-electron chi connectivity index (χ1n) is 7.02. The summed E-state index contributed by atoms with van der Waals surface area (Å²) in [6.07, 6.45) is 4.02. The lowest BCUT2D eigenvalue weighted by Crippen LogP contribution is -2.42. The van der Waals surface area contributed by atoms with Gasteiger partial charge in [-0.25, -0.2) is 0 Å². The SMILES string of the molecule is CCCC(C)CC(NC)C1CSC(C)C(C)S1. The van der Waals surface area contributed by atoms with Gasteiger partial charge in [-0.3, -0.25) is 0 Å². The third kappa shape index (κ3) is 5.04. The van der Waals surface area contributed by atoms with Gasteiger partial charge in [0.15, 0.2) is 0 Å². The normalized spacial score (nSPS) is 33.4. The standard InChI is InChI=1S/C14H29NS2/c1-6-7-10(2)8-13(15-5)14-9-16-11(3)12(4)17-14/h10-15H,6-9H2,1-5H3. The molecule has 0 amide bonds. The molecule has 1 N–H and O–H groups in total. The Hall–Kier alpha value is 0.660. The summed E-state index contributed by atoms with van der Waals surface area (Å²) in [7, 11) is 2.14. The zero-order chi connectivity index (χ0) is 12.8. The van der Waals surface area contributed by atoms with Crippen molar-refractivity contribution in [3.63, 3.8) is 0 Å². The van der Waals surface area contributed by atoms with Gasteiger partial charge in [0.25, 0.3) is 0 Å². The number of nitrogens with one attached hydrogen (secondary N) is 1. The van der Waals surface area contributed by atoms with E-state index < -0.39 is 0 Å². The van der Waals surface area contributed by atoms with Crippen molar-refractivity contribution < 1.29 is 0 Å². The first-order chi connectivity index (χ1) is 8.08. The first kappa shape index (κ1) is 15.7. The van der Waals surface area contributed by atoms with E-state index in [1.54, 1.807) is 0 Å². The van der Waals surface area contributed by atoms with E-state index in [4.69, 9.17) is 0 Å². The van der Waals surface area contributed by atoms with Crippen LogP contribution in [-0.4, -0.2) is 34.6 Å². The fourth-order valence-electron chi connectivity index (χ4n) is 2.52. The number of rotatable bonds is 6. The van der Waals surface area contributed by atoms with E-state index >= 15 is 0 Å². The molecular weight excluding hydrogens is 246 g/mol. The Labute approximate surface area is 116 Å². The van der Waals surface area contributed by atoms with Gasteiger partial charge in [0.2, 0.25) is 0 Å². The molecule has 1 aliphatic rings. The van der Waals surface area contributed by atoms with Gasteiger partial charge in [0.1, 0.15) is 0 Å². The molecule has 0 aromatic heterocycles. The summed E-state index contributed by atoms with van der Waals surface area (Å²) in [6.45, 7) is 9.45. The van der Waals surface area contributed by atoms with Gasteiger partial charge < -0.3 is 5.32 Å². The Kier molecular flexibility index (Phi) is 7.36. The van der Waals surface area contributed by atoms with Crippen LogP contribution in [0.1, 0.15) is 47.0 Å². The maximum atomic E-state index is 3.56. The highest BCUT2D eigenvalue weighted by atomic mass is 32.2. The van der Waals surface area contributed by atoms with Crippen LogP contribution >= 0.6 is 23.5 Å². The van der Waals surface area contributed by atoms with Gasteiger partial charge in [-0.05, 0) is 19.4 Å². The summed E-state index contributed by atoms with van der Waals surface area (Å²) in [5.41, 5.74) is 0. The lowest BCUT2D eigenvalue weighted by molar-refractivity contribution is 0.397. The van der Waals surface area contributed by atoms with Gasteiger partial charge >= 0.3 is 0 Å². The molecule has 0 saturated carbocycles. The number of hydrogen-bond donors (Lipinski definition) is 1. The highest BCUT2D eigenvalue weighted by Crippen LogP contribution is 2.38. The van der Waals surface area contributed by atoms with Gasteiger partial charge in [0, 0.05) is 27.5 Å². The van der Waals surface area contributed by atoms with E-state index in [1.807, 2.05) is 0 Å². The van der Waals surface area contributed by atoms with Crippen LogP contribution in [0.3, 0.4) is 0 Å². The highest BCUT2D eigenvalue weighted by molar-refractivity contribution is 8.07. The molecule has 5 atom stereocenters. The second-order valence-electron chi connectivity index (χ2n) is 5.44. The zero-order valence-corrected chi connectivity index (χ0v) is 13.7. The molecule has 1 nitrogen and oxygen atoms in total. The topological polar surface area (TPSA) is 12.0 Å². The van der Waals surface area contributed by atoms with Crippen LogP contribution in [0.2, 0.25) is 0 Å². The summed E-state index contributed by atoms with van der Waals surface area (Å²) in [6, 6.07) is 0.698. The van der Waals surface area contributed by atoms with Crippen molar-refractivity contribution in [1.82, 2.24) is 5.32 Å². The molecule has 0 radical (unpaired) electrons. The maximum absolute atomic E-state index is 3.56. The molecule has 102 valence electrons. The predicted molar refractivity (Wildman–Crippen MR) is 84.3 cm³/mol. The molecule has 0 spiro atoms. The van der Waals surface area contributed by atoms with Crippen molar-refractivity contribution in [2.24, 2.45) is 5.92 Å². The van der Waals surface area contributed by atoms with Gasteiger partial charge in [-0.1, -0.05) is 40.5 Å². The Morgan fingerprint density at radius 1 is 1.29 bits per heavy atom. The van der Waals surface area contributed by atoms with Gasteiger partial charge in [-0.15, -0.1) is 0 Å². The van der Waals surface area contributed by atoms with Crippen molar-refractivity contribution in [2.45, 2.75) is 68.7 Å². The van der Waals surface area contributed by atoms with Crippen LogP contribution in [0.4, 0.5) is 0 Å². The summed E-state index contributed by atoms with van der Waals surface area (Å²) in [4.78, 5) is 0. The smallest absolute Gasteiger partial charge is 0.0294 e. The van der Waals surface area contributed by atoms with Crippen molar-refractivity contribution in [1.29, 1.82) is 0 Å². The number of thioether (sulfide) groups is 2. The molecule has 1 saturated heterocycles. The Morgan fingerprint density at radius 3 is 2.53 bits per heavy atom. The van der Waals surface area contributed by atoms with Crippen molar-refractivity contribution in [3.8, 4) is 0 Å². The van der Waals surface area contributed by atoms with Crippen LogP contribution < -0.4 is 5.32 Å². The van der Waals surface area contributed by atoms with Crippen LogP contribution in [0.5, 0.6) is 0 Å². The average Bonchev–Trinajstić information content (AvgIpc) is 2.30. The molecule has 0 aromatic rings. The molecule has 17 heavy (non-hydrogen) atoms. The largest absolute Gasteiger partial charge is 0.316 e. The maximum Gasteiger partial charge on any atom is 0.0294 e. The van der Waals surface area contributed by atoms with E-state index in [1.165, 1.54) is 25.0 Å². The molecule has 3 heteroatoms. The lowest BCUT2D eigenvalue weighted by Gasteiger charge is -2.36. The van der Waals surface area contributed by atoms with E-state index in [2.05, 4.69) is 63.6 Å². The van der Waals surface area contributed by atoms with Gasteiger partial charge in [-0.2, -0.15) is 23.5 Å². The van der Waals surface area contributed by atoms with E-state index in [9.17, 15) is 0 Å². The average molecular weight is 276 g/mol. The molecule has 0 aromatic carbocycles. The summed E-state index contributed by atoms with van der Waals surface area (Å²) >= 11 is 4.36. The quantitative estimate of drug-likeness (QED) is 0.786. The molecule has 0 aliphatic carbocycles. The molecule has 1 fully saturated rings. The molecule has 1 aliphatic heterocycles. The Bertz CT molecular complexity index is 210. The summed E-state index contributed by atoms with van der Waals surface area (Å²) in [5.74, 6) is 2.18. The summed E-state index contributed by atoms with van der Waals surface area (Å²) < 4.78 is 0. The molecule has 1 rings (SSSR count). The Balaban J connectivity index is 2.44. The van der Waals surface area contributed by atoms with Crippen molar-refractivity contribution >= 4 is 23.5 Å². The van der Waals surface area contributed by atoms with Crippen LogP contribution in [0, 0.1) is 5.92 Å². The minimum atomic E-state index is 0.698. The predicted octanol–water partition coefficient (Wildman–Crippen LogP) is 4.03. The van der Waals surface area contributed by atoms with Crippen LogP contribution in [0.25, 0.3) is 0 Å². The van der Waals surface area contributed by atoms with E-state index in [-0.39, 0.29) is 0 Å².